The van der Waals surface area contributed by atoms with Crippen LogP contribution in [0.25, 0.3) is 11.1 Å². The number of pyridine rings is 1. The van der Waals surface area contributed by atoms with Gasteiger partial charge in [0.25, 0.3) is 5.56 Å². The second kappa shape index (κ2) is 5.31. The van der Waals surface area contributed by atoms with Gasteiger partial charge in [-0.3, -0.25) is 4.79 Å². The Kier molecular flexibility index (Phi) is 3.70. The third-order valence-corrected chi connectivity index (χ3v) is 2.58. The molecule has 0 radical (unpaired) electrons. The number of rotatable bonds is 2. The monoisotopic (exact) mass is 299 g/mol. The van der Waals surface area contributed by atoms with E-state index in [0.29, 0.717) is 6.07 Å². The lowest BCUT2D eigenvalue weighted by molar-refractivity contribution is -0.138. The molecule has 0 aliphatic carbocycles. The van der Waals surface area contributed by atoms with Gasteiger partial charge < -0.3 is 14.8 Å². The summed E-state index contributed by atoms with van der Waals surface area (Å²) in [6.07, 6.45) is -5.21. The van der Waals surface area contributed by atoms with Crippen molar-refractivity contribution >= 4 is 6.16 Å². The predicted octanol–water partition coefficient (Wildman–Crippen LogP) is 3.12. The molecule has 0 atom stereocenters. The maximum atomic E-state index is 12.7. The Morgan fingerprint density at radius 1 is 1.19 bits per heavy atom. The van der Waals surface area contributed by atoms with Gasteiger partial charge in [-0.2, -0.15) is 13.2 Å². The Labute approximate surface area is 115 Å². The quantitative estimate of drug-likeness (QED) is 0.659. The van der Waals surface area contributed by atoms with Crippen LogP contribution in [0.4, 0.5) is 18.0 Å². The van der Waals surface area contributed by atoms with Crippen LogP contribution in [-0.2, 0) is 6.18 Å². The highest BCUT2D eigenvalue weighted by molar-refractivity contribution is 5.67. The number of hydrogen-bond donors (Lipinski definition) is 2. The van der Waals surface area contributed by atoms with Gasteiger partial charge in [0, 0.05) is 6.20 Å². The molecule has 0 fully saturated rings. The van der Waals surface area contributed by atoms with Crippen molar-refractivity contribution in [2.45, 2.75) is 6.18 Å². The first-order valence-electron chi connectivity index (χ1n) is 5.58. The van der Waals surface area contributed by atoms with E-state index in [1.54, 1.807) is 0 Å². The molecular formula is C13H8F3NO4. The Bertz CT molecular complexity index is 737. The third-order valence-electron chi connectivity index (χ3n) is 2.58. The van der Waals surface area contributed by atoms with Crippen LogP contribution in [-0.4, -0.2) is 16.2 Å². The van der Waals surface area contributed by atoms with Crippen LogP contribution in [0.5, 0.6) is 5.75 Å². The molecule has 1 aromatic carbocycles. The van der Waals surface area contributed by atoms with Crippen molar-refractivity contribution < 1.29 is 27.8 Å². The topological polar surface area (TPSA) is 79.4 Å². The maximum absolute atomic E-state index is 12.7. The molecule has 0 saturated carbocycles. The summed E-state index contributed by atoms with van der Waals surface area (Å²) >= 11 is 0. The van der Waals surface area contributed by atoms with Crippen molar-refractivity contribution in [3.63, 3.8) is 0 Å². The minimum atomic E-state index is -4.78. The molecule has 2 rings (SSSR count). The molecule has 1 aromatic heterocycles. The van der Waals surface area contributed by atoms with Crippen LogP contribution in [0, 0.1) is 0 Å². The number of alkyl halides is 3. The molecule has 2 aromatic rings. The van der Waals surface area contributed by atoms with E-state index in [4.69, 9.17) is 5.11 Å². The van der Waals surface area contributed by atoms with E-state index in [9.17, 15) is 22.8 Å². The fraction of sp³-hybridized carbons (Fsp3) is 0.0769. The Balaban J connectivity index is 2.48. The lowest BCUT2D eigenvalue weighted by Gasteiger charge is -2.08. The molecule has 0 aliphatic heterocycles. The molecule has 0 saturated heterocycles. The van der Waals surface area contributed by atoms with E-state index >= 15 is 0 Å². The molecule has 0 unspecified atom stereocenters. The molecule has 8 heteroatoms. The van der Waals surface area contributed by atoms with Gasteiger partial charge in [0.2, 0.25) is 0 Å². The van der Waals surface area contributed by atoms with E-state index < -0.39 is 23.5 Å². The van der Waals surface area contributed by atoms with E-state index in [1.807, 2.05) is 4.98 Å². The van der Waals surface area contributed by atoms with Crippen LogP contribution < -0.4 is 10.3 Å². The number of aromatic amines is 1. The first-order valence-corrected chi connectivity index (χ1v) is 5.58. The number of carbonyl (C=O) groups is 1. The summed E-state index contributed by atoms with van der Waals surface area (Å²) in [7, 11) is 0. The number of halogens is 3. The van der Waals surface area contributed by atoms with Crippen molar-refractivity contribution in [2.24, 2.45) is 0 Å². The number of benzene rings is 1. The first-order chi connectivity index (χ1) is 9.77. The highest BCUT2D eigenvalue weighted by atomic mass is 19.4. The second-order valence-electron chi connectivity index (χ2n) is 4.02. The molecule has 5 nitrogen and oxygen atoms in total. The summed E-state index contributed by atoms with van der Waals surface area (Å²) in [4.78, 5) is 23.6. The van der Waals surface area contributed by atoms with Crippen LogP contribution >= 0.6 is 0 Å². The maximum Gasteiger partial charge on any atom is 0.511 e. The molecule has 2 N–H and O–H groups in total. The van der Waals surface area contributed by atoms with E-state index in [2.05, 4.69) is 4.74 Å². The minimum absolute atomic E-state index is 0.0419. The number of hydrogen-bond acceptors (Lipinski definition) is 3. The third kappa shape index (κ3) is 3.41. The predicted molar refractivity (Wildman–Crippen MR) is 66.2 cm³/mol. The molecule has 0 amide bonds. The summed E-state index contributed by atoms with van der Waals surface area (Å²) in [5.41, 5.74) is -2.22. The number of aromatic nitrogens is 1. The summed E-state index contributed by atoms with van der Waals surface area (Å²) < 4.78 is 42.4. The van der Waals surface area contributed by atoms with Crippen molar-refractivity contribution in [3.8, 4) is 16.9 Å². The Hall–Kier alpha value is -2.77. The Morgan fingerprint density at radius 3 is 2.52 bits per heavy atom. The average molecular weight is 299 g/mol. The number of carboxylic acid groups (broad SMARTS) is 1. The van der Waals surface area contributed by atoms with Crippen LogP contribution in [0.15, 0.2) is 41.3 Å². The van der Waals surface area contributed by atoms with Crippen LogP contribution in [0.1, 0.15) is 5.56 Å². The highest BCUT2D eigenvalue weighted by Crippen LogP contribution is 2.30. The molecular weight excluding hydrogens is 291 g/mol. The fourth-order valence-electron chi connectivity index (χ4n) is 1.70. The number of ether oxygens (including phenoxy) is 1. The summed E-state index contributed by atoms with van der Waals surface area (Å²) in [5.74, 6) is -0.0419. The smallest absolute Gasteiger partial charge is 0.449 e. The first kappa shape index (κ1) is 14.6. The van der Waals surface area contributed by atoms with Gasteiger partial charge in [0.15, 0.2) is 0 Å². The molecule has 110 valence electrons. The largest absolute Gasteiger partial charge is 0.511 e. The minimum Gasteiger partial charge on any atom is -0.449 e. The zero-order valence-corrected chi connectivity index (χ0v) is 10.3. The molecule has 0 aliphatic rings. The lowest BCUT2D eigenvalue weighted by atomic mass is 10.1. The van der Waals surface area contributed by atoms with Crippen LogP contribution in [0.2, 0.25) is 0 Å². The summed E-state index contributed by atoms with van der Waals surface area (Å²) in [6, 6.07) is 6.17. The zero-order chi connectivity index (χ0) is 15.6. The van der Waals surface area contributed by atoms with Crippen molar-refractivity contribution in [1.82, 2.24) is 4.98 Å². The van der Waals surface area contributed by atoms with Gasteiger partial charge in [0.05, 0.1) is 0 Å². The van der Waals surface area contributed by atoms with Gasteiger partial charge in [-0.1, -0.05) is 12.1 Å². The lowest BCUT2D eigenvalue weighted by Crippen LogP contribution is -2.20. The molecule has 1 heterocycles. The zero-order valence-electron chi connectivity index (χ0n) is 10.3. The molecule has 0 bridgehead atoms. The van der Waals surface area contributed by atoms with Crippen molar-refractivity contribution in [2.75, 3.05) is 0 Å². The van der Waals surface area contributed by atoms with E-state index in [1.165, 1.54) is 24.3 Å². The van der Waals surface area contributed by atoms with Gasteiger partial charge >= 0.3 is 12.3 Å². The van der Waals surface area contributed by atoms with Gasteiger partial charge in [-0.05, 0) is 29.3 Å². The van der Waals surface area contributed by atoms with Crippen molar-refractivity contribution in [1.29, 1.82) is 0 Å². The highest BCUT2D eigenvalue weighted by Gasteiger charge is 2.34. The number of nitrogens with one attached hydrogen (secondary N) is 1. The SMILES string of the molecule is O=C(O)Oc1cccc(-c2c[nH]c(=O)c(C(F)(F)F)c2)c1. The molecule has 0 spiro atoms. The standard InChI is InChI=1S/C13H8F3NO4/c14-13(15,16)10-5-8(6-17-11(10)18)7-2-1-3-9(4-7)21-12(19)20/h1-6H,(H,17,18)(H,19,20). The van der Waals surface area contributed by atoms with Crippen molar-refractivity contribution in [3.05, 3.63) is 52.4 Å². The van der Waals surface area contributed by atoms with Gasteiger partial charge in [-0.25, -0.2) is 4.79 Å². The Morgan fingerprint density at radius 2 is 1.90 bits per heavy atom. The summed E-state index contributed by atoms with van der Waals surface area (Å²) in [6.45, 7) is 0. The van der Waals surface area contributed by atoms with Gasteiger partial charge in [0.1, 0.15) is 11.3 Å². The fourth-order valence-corrected chi connectivity index (χ4v) is 1.70. The normalized spacial score (nSPS) is 11.2. The second-order valence-corrected chi connectivity index (χ2v) is 4.02. The van der Waals surface area contributed by atoms with E-state index in [-0.39, 0.29) is 16.9 Å². The summed E-state index contributed by atoms with van der Waals surface area (Å²) in [5, 5.41) is 8.50. The van der Waals surface area contributed by atoms with E-state index in [0.717, 1.165) is 6.20 Å². The molecule has 21 heavy (non-hydrogen) atoms. The average Bonchev–Trinajstić information content (AvgIpc) is 2.37. The van der Waals surface area contributed by atoms with Crippen LogP contribution in [0.3, 0.4) is 0 Å². The number of H-pyrrole nitrogens is 1. The van der Waals surface area contributed by atoms with Gasteiger partial charge in [-0.15, -0.1) is 0 Å².